The third-order valence-corrected chi connectivity index (χ3v) is 5.52. The minimum atomic E-state index is 0.0659. The van der Waals surface area contributed by atoms with Gasteiger partial charge in [-0.3, -0.25) is 9.78 Å². The lowest BCUT2D eigenvalue weighted by atomic mass is 9.91. The van der Waals surface area contributed by atoms with Crippen molar-refractivity contribution < 1.29 is 4.79 Å². The number of hydrogen-bond acceptors (Lipinski definition) is 2. The second-order valence-electron chi connectivity index (χ2n) is 7.69. The van der Waals surface area contributed by atoms with Crippen molar-refractivity contribution in [2.75, 3.05) is 6.54 Å². The average Bonchev–Trinajstić information content (AvgIpc) is 3.01. The van der Waals surface area contributed by atoms with Crippen LogP contribution >= 0.6 is 11.6 Å². The van der Waals surface area contributed by atoms with Gasteiger partial charge in [-0.25, -0.2) is 0 Å². The number of carbonyl (C=O) groups is 1. The number of carbonyl (C=O) groups excluding carboxylic acids is 1. The van der Waals surface area contributed by atoms with E-state index in [0.717, 1.165) is 35.6 Å². The van der Waals surface area contributed by atoms with Gasteiger partial charge in [0, 0.05) is 40.1 Å². The molecule has 0 fully saturated rings. The Morgan fingerprint density at radius 3 is 2.93 bits per heavy atom. The lowest BCUT2D eigenvalue weighted by Crippen LogP contribution is -2.41. The van der Waals surface area contributed by atoms with E-state index in [2.05, 4.69) is 23.8 Å². The Kier molecular flexibility index (Phi) is 4.92. The van der Waals surface area contributed by atoms with Gasteiger partial charge in [0.2, 0.25) is 5.91 Å². The molecule has 3 heterocycles. The van der Waals surface area contributed by atoms with Crippen molar-refractivity contribution in [1.29, 1.82) is 0 Å². The highest BCUT2D eigenvalue weighted by Crippen LogP contribution is 2.38. The van der Waals surface area contributed by atoms with Gasteiger partial charge in [0.15, 0.2) is 0 Å². The number of nitrogens with one attached hydrogen (secondary N) is 1. The van der Waals surface area contributed by atoms with Crippen LogP contribution < -0.4 is 0 Å². The molecule has 1 aliphatic rings. The zero-order chi connectivity index (χ0) is 19.0. The van der Waals surface area contributed by atoms with Crippen LogP contribution in [0.3, 0.4) is 0 Å². The number of aromatic nitrogens is 2. The van der Waals surface area contributed by atoms with Crippen molar-refractivity contribution in [3.63, 3.8) is 0 Å². The summed E-state index contributed by atoms with van der Waals surface area (Å²) in [6, 6.07) is 11.8. The maximum Gasteiger partial charge on any atom is 0.229 e. The smallest absolute Gasteiger partial charge is 0.229 e. The molecule has 0 aliphatic carbocycles. The van der Waals surface area contributed by atoms with Gasteiger partial charge in [-0.1, -0.05) is 31.5 Å². The average molecular weight is 382 g/mol. The third kappa shape index (κ3) is 3.59. The quantitative estimate of drug-likeness (QED) is 0.696. The first-order valence-corrected chi connectivity index (χ1v) is 9.90. The Balaban J connectivity index is 1.69. The summed E-state index contributed by atoms with van der Waals surface area (Å²) < 4.78 is 0. The highest BCUT2D eigenvalue weighted by Gasteiger charge is 2.33. The largest absolute Gasteiger partial charge is 0.356 e. The fourth-order valence-corrected chi connectivity index (χ4v) is 4.26. The fourth-order valence-electron chi connectivity index (χ4n) is 4.09. The van der Waals surface area contributed by atoms with Gasteiger partial charge in [-0.05, 0) is 54.7 Å². The minimum Gasteiger partial charge on any atom is -0.356 e. The second kappa shape index (κ2) is 7.35. The number of H-pyrrole nitrogens is 1. The Bertz CT molecular complexity index is 964. The van der Waals surface area contributed by atoms with Crippen LogP contribution in [-0.2, 0) is 17.6 Å². The highest BCUT2D eigenvalue weighted by molar-refractivity contribution is 6.31. The molecule has 3 aromatic rings. The number of aromatic amines is 1. The molecule has 2 aromatic heterocycles. The summed E-state index contributed by atoms with van der Waals surface area (Å²) in [7, 11) is 0. The summed E-state index contributed by atoms with van der Waals surface area (Å²) in [5.74, 6) is 0.628. The van der Waals surface area contributed by atoms with E-state index in [0.29, 0.717) is 12.3 Å². The molecule has 1 amide bonds. The van der Waals surface area contributed by atoms with Crippen LogP contribution in [0.1, 0.15) is 43.3 Å². The van der Waals surface area contributed by atoms with E-state index in [4.69, 9.17) is 11.6 Å². The number of benzene rings is 1. The Labute approximate surface area is 164 Å². The number of fused-ring (bicyclic) bond motifs is 3. The van der Waals surface area contributed by atoms with Gasteiger partial charge in [0.05, 0.1) is 12.5 Å². The number of nitrogens with zero attached hydrogens (tertiary/aromatic N) is 2. The Morgan fingerprint density at radius 1 is 1.33 bits per heavy atom. The number of hydrogen-bond donors (Lipinski definition) is 1. The number of halogens is 1. The SMILES string of the molecule is CC(C)CC1c2[nH]c3ccc(Cl)cc3c2CCN1C(=O)Cc1ccccn1. The normalized spacial score (nSPS) is 16.7. The summed E-state index contributed by atoms with van der Waals surface area (Å²) in [6.07, 6.45) is 3.86. The van der Waals surface area contributed by atoms with Gasteiger partial charge in [0.25, 0.3) is 0 Å². The Hall–Kier alpha value is -2.33. The van der Waals surface area contributed by atoms with Crippen LogP contribution in [0.5, 0.6) is 0 Å². The first-order chi connectivity index (χ1) is 13.0. The van der Waals surface area contributed by atoms with Gasteiger partial charge < -0.3 is 9.88 Å². The lowest BCUT2D eigenvalue weighted by molar-refractivity contribution is -0.133. The molecule has 1 atom stereocenters. The van der Waals surface area contributed by atoms with Gasteiger partial charge in [-0.15, -0.1) is 0 Å². The highest BCUT2D eigenvalue weighted by atomic mass is 35.5. The van der Waals surface area contributed by atoms with Gasteiger partial charge in [0.1, 0.15) is 0 Å². The number of rotatable bonds is 4. The molecule has 1 unspecified atom stereocenters. The van der Waals surface area contributed by atoms with Crippen molar-refractivity contribution in [3.8, 4) is 0 Å². The number of pyridine rings is 1. The molecule has 0 radical (unpaired) electrons. The lowest BCUT2D eigenvalue weighted by Gasteiger charge is -2.37. The maximum atomic E-state index is 13.1. The van der Waals surface area contributed by atoms with E-state index < -0.39 is 0 Å². The summed E-state index contributed by atoms with van der Waals surface area (Å²) >= 11 is 6.22. The second-order valence-corrected chi connectivity index (χ2v) is 8.12. The van der Waals surface area contributed by atoms with Crippen LogP contribution in [0.25, 0.3) is 10.9 Å². The summed E-state index contributed by atoms with van der Waals surface area (Å²) in [5, 5.41) is 1.93. The van der Waals surface area contributed by atoms with Crippen molar-refractivity contribution in [3.05, 3.63) is 64.6 Å². The molecule has 1 aliphatic heterocycles. The monoisotopic (exact) mass is 381 g/mol. The molecule has 4 rings (SSSR count). The van der Waals surface area contributed by atoms with Crippen LogP contribution in [0.15, 0.2) is 42.6 Å². The first-order valence-electron chi connectivity index (χ1n) is 9.52. The number of amides is 1. The fraction of sp³-hybridized carbons (Fsp3) is 0.364. The standard InChI is InChI=1S/C22H24ClN3O/c1-14(2)11-20-22-17(18-12-15(23)6-7-19(18)25-22)8-10-26(20)21(27)13-16-5-3-4-9-24-16/h3-7,9,12,14,20,25H,8,10-11,13H2,1-2H3. The van der Waals surface area contributed by atoms with Crippen molar-refractivity contribution in [2.24, 2.45) is 5.92 Å². The van der Waals surface area contributed by atoms with Crippen LogP contribution in [-0.4, -0.2) is 27.3 Å². The topological polar surface area (TPSA) is 49.0 Å². The molecule has 0 bridgehead atoms. The van der Waals surface area contributed by atoms with E-state index in [1.165, 1.54) is 16.6 Å². The summed E-state index contributed by atoms with van der Waals surface area (Å²) in [4.78, 5) is 23.0. The summed E-state index contributed by atoms with van der Waals surface area (Å²) in [5.41, 5.74) is 4.39. The van der Waals surface area contributed by atoms with Crippen LogP contribution in [0.2, 0.25) is 5.02 Å². The minimum absolute atomic E-state index is 0.0659. The zero-order valence-corrected chi connectivity index (χ0v) is 16.5. The molecule has 1 N–H and O–H groups in total. The molecule has 1 aromatic carbocycles. The predicted molar refractivity (Wildman–Crippen MR) is 109 cm³/mol. The summed E-state index contributed by atoms with van der Waals surface area (Å²) in [6.45, 7) is 5.14. The van der Waals surface area contributed by atoms with E-state index in [9.17, 15) is 4.79 Å². The van der Waals surface area contributed by atoms with Crippen LogP contribution in [0, 0.1) is 5.92 Å². The zero-order valence-electron chi connectivity index (χ0n) is 15.7. The van der Waals surface area contributed by atoms with Gasteiger partial charge in [-0.2, -0.15) is 0 Å². The molecule has 140 valence electrons. The molecule has 0 saturated heterocycles. The van der Waals surface area contributed by atoms with E-state index in [1.54, 1.807) is 6.20 Å². The van der Waals surface area contributed by atoms with Gasteiger partial charge >= 0.3 is 0 Å². The predicted octanol–water partition coefficient (Wildman–Crippen LogP) is 4.93. The molecular weight excluding hydrogens is 358 g/mol. The maximum absolute atomic E-state index is 13.1. The first kappa shape index (κ1) is 18.1. The molecular formula is C22H24ClN3O. The van der Waals surface area contributed by atoms with Crippen molar-refractivity contribution >= 4 is 28.4 Å². The van der Waals surface area contributed by atoms with Crippen LogP contribution in [0.4, 0.5) is 0 Å². The Morgan fingerprint density at radius 2 is 2.19 bits per heavy atom. The van der Waals surface area contributed by atoms with Crippen molar-refractivity contribution in [1.82, 2.24) is 14.9 Å². The van der Waals surface area contributed by atoms with Crippen molar-refractivity contribution in [2.45, 2.75) is 39.2 Å². The third-order valence-electron chi connectivity index (χ3n) is 5.29. The van der Waals surface area contributed by atoms with E-state index >= 15 is 0 Å². The van der Waals surface area contributed by atoms with E-state index in [1.807, 2.05) is 41.3 Å². The molecule has 0 spiro atoms. The molecule has 5 heteroatoms. The molecule has 27 heavy (non-hydrogen) atoms. The molecule has 4 nitrogen and oxygen atoms in total. The van der Waals surface area contributed by atoms with E-state index in [-0.39, 0.29) is 11.9 Å². The molecule has 0 saturated carbocycles.